The molecule has 0 fully saturated rings. The number of hydrogen-bond acceptors (Lipinski definition) is 7. The Balaban J connectivity index is 1.75. The fourth-order valence-electron chi connectivity index (χ4n) is 2.66. The molecule has 3 aromatic rings. The Kier molecular flexibility index (Phi) is 7.72. The van der Waals surface area contributed by atoms with E-state index in [9.17, 15) is 22.4 Å². The predicted molar refractivity (Wildman–Crippen MR) is 113 cm³/mol. The molecule has 174 valence electrons. The highest BCUT2D eigenvalue weighted by Gasteiger charge is 2.44. The van der Waals surface area contributed by atoms with Crippen molar-refractivity contribution < 1.29 is 27.1 Å². The van der Waals surface area contributed by atoms with E-state index in [0.29, 0.717) is 30.8 Å². The van der Waals surface area contributed by atoms with Gasteiger partial charge in [-0.1, -0.05) is 6.07 Å². The van der Waals surface area contributed by atoms with Crippen LogP contribution < -0.4 is 21.1 Å². The van der Waals surface area contributed by atoms with Gasteiger partial charge >= 0.3 is 12.5 Å². The molecule has 1 amide bonds. The maximum Gasteiger partial charge on any atom is 0.461 e. The average Bonchev–Trinajstić information content (AvgIpc) is 2.79. The Morgan fingerprint density at radius 2 is 1.91 bits per heavy atom. The fraction of sp³-hybridized carbons (Fsp3) is 0.238. The molecule has 33 heavy (non-hydrogen) atoms. The van der Waals surface area contributed by atoms with Crippen LogP contribution in [0, 0.1) is 0 Å². The summed E-state index contributed by atoms with van der Waals surface area (Å²) in [5.74, 6) is -0.702. The van der Waals surface area contributed by atoms with E-state index in [-0.39, 0.29) is 23.2 Å². The summed E-state index contributed by atoms with van der Waals surface area (Å²) in [5, 5.41) is 5.51. The van der Waals surface area contributed by atoms with Crippen LogP contribution in [0.1, 0.15) is 16.9 Å². The van der Waals surface area contributed by atoms with Crippen molar-refractivity contribution >= 4 is 17.5 Å². The Hall–Kier alpha value is -3.80. The van der Waals surface area contributed by atoms with E-state index in [2.05, 4.69) is 30.3 Å². The Labute approximate surface area is 186 Å². The molecule has 2 aromatic heterocycles. The monoisotopic (exact) mass is 464 g/mol. The van der Waals surface area contributed by atoms with Crippen molar-refractivity contribution in [1.29, 1.82) is 0 Å². The first-order valence-electron chi connectivity index (χ1n) is 9.78. The standard InChI is InChI=1S/C21H20F4N6O2/c22-19(23)21(24,25)33-15-4-1-3-14(12-15)30-20-29-10-6-16(31-20)13-5-9-27-17(11-13)18(32)28-8-2-7-26/h1,3-6,9-12,19H,2,7-8,26H2,(H,28,32)(H,29,30,31). The van der Waals surface area contributed by atoms with Gasteiger partial charge in [-0.15, -0.1) is 0 Å². The number of benzene rings is 1. The van der Waals surface area contributed by atoms with E-state index in [0.717, 1.165) is 12.1 Å². The quantitative estimate of drug-likeness (QED) is 0.310. The number of ether oxygens (including phenoxy) is 1. The van der Waals surface area contributed by atoms with E-state index in [1.165, 1.54) is 24.5 Å². The van der Waals surface area contributed by atoms with E-state index in [1.54, 1.807) is 18.2 Å². The van der Waals surface area contributed by atoms with E-state index >= 15 is 0 Å². The lowest BCUT2D eigenvalue weighted by Gasteiger charge is -2.17. The number of nitrogens with one attached hydrogen (secondary N) is 2. The largest absolute Gasteiger partial charge is 0.461 e. The van der Waals surface area contributed by atoms with Gasteiger partial charge in [0.1, 0.15) is 11.4 Å². The average molecular weight is 464 g/mol. The molecule has 3 rings (SSSR count). The van der Waals surface area contributed by atoms with Crippen molar-refractivity contribution in [1.82, 2.24) is 20.3 Å². The summed E-state index contributed by atoms with van der Waals surface area (Å²) in [6.45, 7) is 0.878. The summed E-state index contributed by atoms with van der Waals surface area (Å²) in [5.41, 5.74) is 6.90. The molecule has 0 aliphatic rings. The highest BCUT2D eigenvalue weighted by molar-refractivity contribution is 5.93. The summed E-state index contributed by atoms with van der Waals surface area (Å²) in [6.07, 6.45) is -5.03. The van der Waals surface area contributed by atoms with Gasteiger partial charge in [-0.25, -0.2) is 9.97 Å². The zero-order valence-electron chi connectivity index (χ0n) is 17.1. The molecule has 0 bridgehead atoms. The maximum absolute atomic E-state index is 13.2. The summed E-state index contributed by atoms with van der Waals surface area (Å²) in [6, 6.07) is 9.91. The van der Waals surface area contributed by atoms with Gasteiger partial charge in [0.15, 0.2) is 0 Å². The molecular weight excluding hydrogens is 444 g/mol. The number of hydrogen-bond donors (Lipinski definition) is 3. The molecular formula is C21H20F4N6O2. The van der Waals surface area contributed by atoms with Gasteiger partial charge in [0.25, 0.3) is 5.91 Å². The second kappa shape index (κ2) is 10.7. The first-order valence-corrected chi connectivity index (χ1v) is 9.78. The summed E-state index contributed by atoms with van der Waals surface area (Å²) < 4.78 is 55.1. The van der Waals surface area contributed by atoms with Gasteiger partial charge in [-0.3, -0.25) is 9.78 Å². The Morgan fingerprint density at radius 3 is 2.67 bits per heavy atom. The van der Waals surface area contributed by atoms with Crippen molar-refractivity contribution in [2.45, 2.75) is 19.0 Å². The van der Waals surface area contributed by atoms with Gasteiger partial charge in [0.05, 0.1) is 5.69 Å². The number of aromatic nitrogens is 3. The summed E-state index contributed by atoms with van der Waals surface area (Å²) in [7, 11) is 0. The zero-order valence-corrected chi connectivity index (χ0v) is 17.1. The van der Waals surface area contributed by atoms with Crippen LogP contribution in [-0.4, -0.2) is 46.5 Å². The minimum absolute atomic E-state index is 0.107. The topological polar surface area (TPSA) is 115 Å². The number of carbonyl (C=O) groups is 1. The predicted octanol–water partition coefficient (Wildman–Crippen LogP) is 3.60. The van der Waals surface area contributed by atoms with E-state index in [1.807, 2.05) is 0 Å². The molecule has 0 spiro atoms. The number of anilines is 2. The number of pyridine rings is 1. The van der Waals surface area contributed by atoms with E-state index < -0.39 is 18.3 Å². The van der Waals surface area contributed by atoms with Gasteiger partial charge < -0.3 is 21.1 Å². The van der Waals surface area contributed by atoms with Crippen LogP contribution in [0.3, 0.4) is 0 Å². The molecule has 2 heterocycles. The second-order valence-corrected chi connectivity index (χ2v) is 6.71. The normalized spacial score (nSPS) is 11.3. The molecule has 0 atom stereocenters. The molecule has 0 unspecified atom stereocenters. The fourth-order valence-corrected chi connectivity index (χ4v) is 2.66. The molecule has 1 aromatic carbocycles. The molecule has 8 nitrogen and oxygen atoms in total. The van der Waals surface area contributed by atoms with Gasteiger partial charge in [0.2, 0.25) is 5.95 Å². The van der Waals surface area contributed by atoms with Crippen molar-refractivity contribution in [2.75, 3.05) is 18.4 Å². The molecule has 0 aliphatic carbocycles. The van der Waals surface area contributed by atoms with Crippen molar-refractivity contribution in [3.63, 3.8) is 0 Å². The van der Waals surface area contributed by atoms with Gasteiger partial charge in [-0.05, 0) is 43.3 Å². The first-order chi connectivity index (χ1) is 15.8. The van der Waals surface area contributed by atoms with Crippen LogP contribution in [-0.2, 0) is 0 Å². The molecule has 0 aliphatic heterocycles. The smallest absolute Gasteiger partial charge is 0.428 e. The lowest BCUT2D eigenvalue weighted by atomic mass is 10.1. The van der Waals surface area contributed by atoms with Gasteiger partial charge in [-0.2, -0.15) is 17.6 Å². The summed E-state index contributed by atoms with van der Waals surface area (Å²) >= 11 is 0. The van der Waals surface area contributed by atoms with Crippen molar-refractivity contribution in [3.05, 3.63) is 60.6 Å². The molecule has 4 N–H and O–H groups in total. The van der Waals surface area contributed by atoms with E-state index in [4.69, 9.17) is 5.73 Å². The number of rotatable bonds is 10. The third-order valence-electron chi connectivity index (χ3n) is 4.21. The molecule has 0 radical (unpaired) electrons. The first kappa shape index (κ1) is 23.9. The molecule has 0 saturated carbocycles. The van der Waals surface area contributed by atoms with Crippen LogP contribution >= 0.6 is 0 Å². The SMILES string of the molecule is NCCCNC(=O)c1cc(-c2ccnc(Nc3cccc(OC(F)(F)C(F)F)c3)n2)ccn1. The Bertz CT molecular complexity index is 1100. The zero-order chi connectivity index (χ0) is 23.8. The third kappa shape index (κ3) is 6.59. The van der Waals surface area contributed by atoms with Crippen LogP contribution in [0.15, 0.2) is 54.9 Å². The highest BCUT2D eigenvalue weighted by atomic mass is 19.3. The number of carbonyl (C=O) groups excluding carboxylic acids is 1. The van der Waals surface area contributed by atoms with Crippen LogP contribution in [0.5, 0.6) is 5.75 Å². The number of amides is 1. The van der Waals surface area contributed by atoms with Crippen LogP contribution in [0.2, 0.25) is 0 Å². The minimum Gasteiger partial charge on any atom is -0.428 e. The van der Waals surface area contributed by atoms with Gasteiger partial charge in [0, 0.05) is 36.3 Å². The van der Waals surface area contributed by atoms with Crippen LogP contribution in [0.4, 0.5) is 29.2 Å². The molecule has 12 heteroatoms. The lowest BCUT2D eigenvalue weighted by molar-refractivity contribution is -0.253. The van der Waals surface area contributed by atoms with Crippen LogP contribution in [0.25, 0.3) is 11.3 Å². The maximum atomic E-state index is 13.2. The lowest BCUT2D eigenvalue weighted by Crippen LogP contribution is -2.33. The number of nitrogens with two attached hydrogens (primary N) is 1. The van der Waals surface area contributed by atoms with Crippen molar-refractivity contribution in [3.8, 4) is 17.0 Å². The highest BCUT2D eigenvalue weighted by Crippen LogP contribution is 2.29. The second-order valence-electron chi connectivity index (χ2n) is 6.71. The third-order valence-corrected chi connectivity index (χ3v) is 4.21. The number of nitrogens with zero attached hydrogens (tertiary/aromatic N) is 3. The Morgan fingerprint density at radius 1 is 1.12 bits per heavy atom. The van der Waals surface area contributed by atoms with Crippen molar-refractivity contribution in [2.24, 2.45) is 5.73 Å². The minimum atomic E-state index is -4.62. The number of halogens is 4. The number of alkyl halides is 4. The summed E-state index contributed by atoms with van der Waals surface area (Å²) in [4.78, 5) is 24.7. The molecule has 0 saturated heterocycles.